The first-order valence-electron chi connectivity index (χ1n) is 7.55. The van der Waals surface area contributed by atoms with E-state index in [1.54, 1.807) is 19.4 Å². The largest absolute Gasteiger partial charge is 0.497 e. The predicted molar refractivity (Wildman–Crippen MR) is 93.1 cm³/mol. The molecular formula is C18H18N2O3S. The highest BCUT2D eigenvalue weighted by Gasteiger charge is 2.13. The van der Waals surface area contributed by atoms with Crippen LogP contribution in [0.25, 0.3) is 10.6 Å². The van der Waals surface area contributed by atoms with Crippen LogP contribution in [-0.2, 0) is 17.8 Å². The summed E-state index contributed by atoms with van der Waals surface area (Å²) in [7, 11) is 1.64. The Labute approximate surface area is 144 Å². The number of carbonyl (C=O) groups excluding carboxylic acids is 1. The van der Waals surface area contributed by atoms with Gasteiger partial charge in [-0.05, 0) is 31.2 Å². The third kappa shape index (κ3) is 3.83. The van der Waals surface area contributed by atoms with E-state index >= 15 is 0 Å². The molecule has 2 aromatic heterocycles. The number of aromatic nitrogens is 1. The van der Waals surface area contributed by atoms with E-state index in [-0.39, 0.29) is 5.91 Å². The molecule has 0 spiro atoms. The van der Waals surface area contributed by atoms with Crippen LogP contribution in [0.1, 0.15) is 16.3 Å². The van der Waals surface area contributed by atoms with E-state index in [1.165, 1.54) is 11.3 Å². The summed E-state index contributed by atoms with van der Waals surface area (Å²) < 4.78 is 10.5. The normalized spacial score (nSPS) is 10.6. The Bertz CT molecular complexity index is 825. The molecule has 0 aliphatic rings. The number of amides is 1. The Balaban J connectivity index is 1.68. The van der Waals surface area contributed by atoms with Crippen LogP contribution in [0.3, 0.4) is 0 Å². The van der Waals surface area contributed by atoms with Crippen LogP contribution in [0.15, 0.2) is 47.1 Å². The molecule has 0 radical (unpaired) electrons. The monoisotopic (exact) mass is 342 g/mol. The number of benzene rings is 1. The summed E-state index contributed by atoms with van der Waals surface area (Å²) in [6.45, 7) is 2.32. The van der Waals surface area contributed by atoms with Crippen molar-refractivity contribution in [2.75, 3.05) is 7.11 Å². The SMILES string of the molecule is COc1cccc(-c2nc(C)c(CC(=O)NCc3ccco3)s2)c1. The van der Waals surface area contributed by atoms with Crippen molar-refractivity contribution in [3.63, 3.8) is 0 Å². The van der Waals surface area contributed by atoms with Gasteiger partial charge in [0, 0.05) is 10.4 Å². The van der Waals surface area contributed by atoms with E-state index in [2.05, 4.69) is 10.3 Å². The van der Waals surface area contributed by atoms with Crippen molar-refractivity contribution in [1.82, 2.24) is 10.3 Å². The quantitative estimate of drug-likeness (QED) is 0.744. The van der Waals surface area contributed by atoms with Crippen LogP contribution in [-0.4, -0.2) is 18.0 Å². The molecule has 0 unspecified atom stereocenters. The van der Waals surface area contributed by atoms with Crippen molar-refractivity contribution in [3.8, 4) is 16.3 Å². The Kier molecular flexibility index (Phi) is 4.96. The number of rotatable bonds is 6. The maximum Gasteiger partial charge on any atom is 0.225 e. The molecule has 3 aromatic rings. The van der Waals surface area contributed by atoms with Crippen LogP contribution >= 0.6 is 11.3 Å². The van der Waals surface area contributed by atoms with Gasteiger partial charge in [-0.2, -0.15) is 0 Å². The summed E-state index contributed by atoms with van der Waals surface area (Å²) in [5.41, 5.74) is 1.87. The minimum Gasteiger partial charge on any atom is -0.497 e. The number of ether oxygens (including phenoxy) is 1. The van der Waals surface area contributed by atoms with Crippen LogP contribution in [0.2, 0.25) is 0 Å². The minimum absolute atomic E-state index is 0.0460. The van der Waals surface area contributed by atoms with Crippen LogP contribution in [0, 0.1) is 6.92 Å². The molecule has 0 aliphatic carbocycles. The zero-order valence-electron chi connectivity index (χ0n) is 13.5. The first-order valence-corrected chi connectivity index (χ1v) is 8.37. The number of thiazole rings is 1. The van der Waals surface area contributed by atoms with E-state index in [4.69, 9.17) is 9.15 Å². The van der Waals surface area contributed by atoms with Gasteiger partial charge in [0.25, 0.3) is 0 Å². The van der Waals surface area contributed by atoms with Crippen molar-refractivity contribution < 1.29 is 13.9 Å². The maximum absolute atomic E-state index is 12.1. The van der Waals surface area contributed by atoms with E-state index in [1.807, 2.05) is 37.3 Å². The highest BCUT2D eigenvalue weighted by molar-refractivity contribution is 7.15. The molecule has 0 saturated heterocycles. The van der Waals surface area contributed by atoms with Gasteiger partial charge in [-0.25, -0.2) is 4.98 Å². The average molecular weight is 342 g/mol. The summed E-state index contributed by atoms with van der Waals surface area (Å²) >= 11 is 1.53. The van der Waals surface area contributed by atoms with Gasteiger partial charge in [-0.1, -0.05) is 12.1 Å². The fourth-order valence-electron chi connectivity index (χ4n) is 2.28. The molecule has 2 heterocycles. The number of aryl methyl sites for hydroxylation is 1. The van der Waals surface area contributed by atoms with Gasteiger partial charge in [0.05, 0.1) is 32.0 Å². The molecule has 0 bridgehead atoms. The van der Waals surface area contributed by atoms with Crippen molar-refractivity contribution in [2.24, 2.45) is 0 Å². The summed E-state index contributed by atoms with van der Waals surface area (Å²) in [6, 6.07) is 11.4. The number of nitrogens with zero attached hydrogens (tertiary/aromatic N) is 1. The third-order valence-electron chi connectivity index (χ3n) is 3.57. The average Bonchev–Trinajstić information content (AvgIpc) is 3.23. The Hall–Kier alpha value is -2.60. The lowest BCUT2D eigenvalue weighted by molar-refractivity contribution is -0.120. The van der Waals surface area contributed by atoms with E-state index in [0.29, 0.717) is 13.0 Å². The first kappa shape index (κ1) is 16.3. The standard InChI is InChI=1S/C18H18N2O3S/c1-12-16(10-17(21)19-11-15-7-4-8-23-15)24-18(20-12)13-5-3-6-14(9-13)22-2/h3-9H,10-11H2,1-2H3,(H,19,21). The summed E-state index contributed by atoms with van der Waals surface area (Å²) in [5, 5.41) is 3.74. The molecule has 24 heavy (non-hydrogen) atoms. The van der Waals surface area contributed by atoms with Gasteiger partial charge in [-0.3, -0.25) is 4.79 Å². The number of carbonyl (C=O) groups is 1. The van der Waals surface area contributed by atoms with Crippen LogP contribution in [0.5, 0.6) is 5.75 Å². The first-order chi connectivity index (χ1) is 11.7. The zero-order chi connectivity index (χ0) is 16.9. The van der Waals surface area contributed by atoms with Gasteiger partial charge in [0.15, 0.2) is 0 Å². The third-order valence-corrected chi connectivity index (χ3v) is 4.78. The van der Waals surface area contributed by atoms with Crippen molar-refractivity contribution in [1.29, 1.82) is 0 Å². The summed E-state index contributed by atoms with van der Waals surface area (Å²) in [4.78, 5) is 17.7. The molecule has 0 fully saturated rings. The highest BCUT2D eigenvalue weighted by Crippen LogP contribution is 2.30. The molecule has 5 nitrogen and oxygen atoms in total. The van der Waals surface area contributed by atoms with Gasteiger partial charge in [0.1, 0.15) is 16.5 Å². The van der Waals surface area contributed by atoms with Gasteiger partial charge < -0.3 is 14.5 Å². The fraction of sp³-hybridized carbons (Fsp3) is 0.222. The second kappa shape index (κ2) is 7.31. The number of methoxy groups -OCH3 is 1. The van der Waals surface area contributed by atoms with Gasteiger partial charge in [-0.15, -0.1) is 11.3 Å². The zero-order valence-corrected chi connectivity index (χ0v) is 14.4. The Morgan fingerprint density at radius 1 is 1.33 bits per heavy atom. The van der Waals surface area contributed by atoms with Crippen LogP contribution in [0.4, 0.5) is 0 Å². The summed E-state index contributed by atoms with van der Waals surface area (Å²) in [6.07, 6.45) is 1.91. The molecule has 0 aliphatic heterocycles. The fourth-order valence-corrected chi connectivity index (χ4v) is 3.34. The lowest BCUT2D eigenvalue weighted by atomic mass is 10.2. The molecule has 1 amide bonds. The van der Waals surface area contributed by atoms with Gasteiger partial charge >= 0.3 is 0 Å². The summed E-state index contributed by atoms with van der Waals surface area (Å²) in [5.74, 6) is 1.48. The molecule has 1 N–H and O–H groups in total. The highest BCUT2D eigenvalue weighted by atomic mass is 32.1. The maximum atomic E-state index is 12.1. The van der Waals surface area contributed by atoms with Gasteiger partial charge in [0.2, 0.25) is 5.91 Å². The number of hydrogen-bond donors (Lipinski definition) is 1. The molecule has 1 aromatic carbocycles. The Morgan fingerprint density at radius 2 is 2.21 bits per heavy atom. The second-order valence-electron chi connectivity index (χ2n) is 5.29. The second-order valence-corrected chi connectivity index (χ2v) is 6.38. The predicted octanol–water partition coefficient (Wildman–Crippen LogP) is 3.58. The minimum atomic E-state index is -0.0460. The number of hydrogen-bond acceptors (Lipinski definition) is 5. The molecular weight excluding hydrogens is 324 g/mol. The molecule has 6 heteroatoms. The van der Waals surface area contributed by atoms with E-state index in [0.717, 1.165) is 32.7 Å². The lowest BCUT2D eigenvalue weighted by Crippen LogP contribution is -2.24. The van der Waals surface area contributed by atoms with Crippen molar-refractivity contribution >= 4 is 17.2 Å². The topological polar surface area (TPSA) is 64.4 Å². The van der Waals surface area contributed by atoms with E-state index < -0.39 is 0 Å². The number of furan rings is 1. The Morgan fingerprint density at radius 3 is 2.96 bits per heavy atom. The number of nitrogens with one attached hydrogen (secondary N) is 1. The van der Waals surface area contributed by atoms with Crippen molar-refractivity contribution in [3.05, 3.63) is 59.0 Å². The van der Waals surface area contributed by atoms with Crippen LogP contribution < -0.4 is 10.1 Å². The molecule has 3 rings (SSSR count). The lowest BCUT2D eigenvalue weighted by Gasteiger charge is -2.02. The van der Waals surface area contributed by atoms with Crippen molar-refractivity contribution in [2.45, 2.75) is 19.9 Å². The molecule has 0 atom stereocenters. The van der Waals surface area contributed by atoms with E-state index in [9.17, 15) is 4.79 Å². The smallest absolute Gasteiger partial charge is 0.225 e. The molecule has 0 saturated carbocycles. The molecule has 124 valence electrons.